The van der Waals surface area contributed by atoms with E-state index in [1.54, 1.807) is 10.9 Å². The van der Waals surface area contributed by atoms with Crippen molar-refractivity contribution < 1.29 is 14.3 Å². The van der Waals surface area contributed by atoms with Gasteiger partial charge in [-0.15, -0.1) is 0 Å². The van der Waals surface area contributed by atoms with E-state index in [4.69, 9.17) is 0 Å². The van der Waals surface area contributed by atoms with Crippen molar-refractivity contribution in [3.05, 3.63) is 65.6 Å². The Labute approximate surface area is 162 Å². The van der Waals surface area contributed by atoms with Gasteiger partial charge in [0.15, 0.2) is 0 Å². The third-order valence-corrected chi connectivity index (χ3v) is 4.89. The highest BCUT2D eigenvalue weighted by Crippen LogP contribution is 2.37. The van der Waals surface area contributed by atoms with E-state index >= 15 is 0 Å². The number of nitrogens with one attached hydrogen (secondary N) is 1. The van der Waals surface area contributed by atoms with Crippen LogP contribution in [0.5, 0.6) is 0 Å². The van der Waals surface area contributed by atoms with Crippen molar-refractivity contribution in [1.82, 2.24) is 19.6 Å². The molecule has 3 aromatic rings. The highest BCUT2D eigenvalue weighted by Gasteiger charge is 2.30. The second-order valence-electron chi connectivity index (χ2n) is 6.76. The Kier molecular flexibility index (Phi) is 4.92. The molecule has 0 spiro atoms. The maximum Gasteiger partial charge on any atom is 0.307 e. The van der Waals surface area contributed by atoms with Crippen molar-refractivity contribution in [3.8, 4) is 0 Å². The minimum absolute atomic E-state index is 0.0466. The summed E-state index contributed by atoms with van der Waals surface area (Å²) in [7, 11) is 1.37. The number of aromatic nitrogens is 4. The molecule has 0 radical (unpaired) electrons. The van der Waals surface area contributed by atoms with Gasteiger partial charge in [0, 0.05) is 24.1 Å². The van der Waals surface area contributed by atoms with Crippen molar-refractivity contribution in [1.29, 1.82) is 0 Å². The molecule has 0 saturated heterocycles. The summed E-state index contributed by atoms with van der Waals surface area (Å²) in [4.78, 5) is 23.7. The van der Waals surface area contributed by atoms with Gasteiger partial charge in [-0.2, -0.15) is 10.2 Å². The molecule has 0 unspecified atom stereocenters. The number of fused-ring (bicyclic) bond motifs is 1. The molecule has 2 aromatic heterocycles. The van der Waals surface area contributed by atoms with E-state index in [0.29, 0.717) is 19.5 Å². The lowest BCUT2D eigenvalue weighted by Crippen LogP contribution is -2.25. The van der Waals surface area contributed by atoms with Gasteiger partial charge in [0.25, 0.3) is 0 Å². The first-order valence-corrected chi connectivity index (χ1v) is 9.12. The molecule has 144 valence electrons. The maximum atomic E-state index is 12.3. The van der Waals surface area contributed by atoms with Gasteiger partial charge in [-0.05, 0) is 11.1 Å². The molecule has 3 heterocycles. The van der Waals surface area contributed by atoms with E-state index in [1.165, 1.54) is 7.11 Å². The second-order valence-corrected chi connectivity index (χ2v) is 6.76. The number of carbonyl (C=O) groups excluding carboxylic acids is 2. The topological polar surface area (TPSA) is 91.0 Å². The minimum Gasteiger partial charge on any atom is -0.469 e. The maximum absolute atomic E-state index is 12.3. The van der Waals surface area contributed by atoms with E-state index in [0.717, 1.165) is 22.5 Å². The highest BCUT2D eigenvalue weighted by molar-refractivity contribution is 5.94. The van der Waals surface area contributed by atoms with Crippen molar-refractivity contribution in [2.45, 2.75) is 31.8 Å². The fourth-order valence-electron chi connectivity index (χ4n) is 3.43. The Morgan fingerprint density at radius 1 is 1.25 bits per heavy atom. The smallest absolute Gasteiger partial charge is 0.307 e. The number of aryl methyl sites for hydroxylation is 1. The Bertz CT molecular complexity index is 992. The molecule has 1 aliphatic heterocycles. The summed E-state index contributed by atoms with van der Waals surface area (Å²) < 4.78 is 8.18. The lowest BCUT2D eigenvalue weighted by Gasteiger charge is -2.22. The Morgan fingerprint density at radius 3 is 2.86 bits per heavy atom. The van der Waals surface area contributed by atoms with Crippen LogP contribution in [0.3, 0.4) is 0 Å². The average molecular weight is 379 g/mol. The van der Waals surface area contributed by atoms with Crippen molar-refractivity contribution in [3.63, 3.8) is 0 Å². The molecule has 8 heteroatoms. The number of ether oxygens (including phenoxy) is 1. The largest absolute Gasteiger partial charge is 0.469 e. The third-order valence-electron chi connectivity index (χ3n) is 4.89. The fraction of sp³-hybridized carbons (Fsp3) is 0.300. The standard InChI is InChI=1S/C20H21N5O3/c1-28-19(27)7-8-24-13-15(10-21-24)16-9-18(26)23-20-17(16)11-22-25(20)12-14-5-3-2-4-6-14/h2-6,10-11,13,16H,7-9,12H2,1H3,(H,23,26)/t16-/m0/s1. The highest BCUT2D eigenvalue weighted by atomic mass is 16.5. The zero-order valence-corrected chi connectivity index (χ0v) is 15.5. The molecule has 0 fully saturated rings. The van der Waals surface area contributed by atoms with Gasteiger partial charge in [0.05, 0.1) is 39.0 Å². The predicted molar refractivity (Wildman–Crippen MR) is 102 cm³/mol. The van der Waals surface area contributed by atoms with Crippen LogP contribution in [0, 0.1) is 0 Å². The van der Waals surface area contributed by atoms with Gasteiger partial charge < -0.3 is 10.1 Å². The summed E-state index contributed by atoms with van der Waals surface area (Å²) in [6, 6.07) is 9.99. The molecule has 1 aromatic carbocycles. The van der Waals surface area contributed by atoms with Crippen LogP contribution in [0.25, 0.3) is 0 Å². The number of esters is 1. The number of anilines is 1. The van der Waals surface area contributed by atoms with Gasteiger partial charge in [-0.25, -0.2) is 4.68 Å². The number of nitrogens with zero attached hydrogens (tertiary/aromatic N) is 4. The first-order valence-electron chi connectivity index (χ1n) is 9.12. The first kappa shape index (κ1) is 18.0. The molecule has 8 nitrogen and oxygen atoms in total. The van der Waals surface area contributed by atoms with Crippen molar-refractivity contribution >= 4 is 17.7 Å². The van der Waals surface area contributed by atoms with E-state index in [1.807, 2.05) is 47.4 Å². The van der Waals surface area contributed by atoms with E-state index in [-0.39, 0.29) is 24.2 Å². The Hall–Kier alpha value is -3.42. The molecule has 28 heavy (non-hydrogen) atoms. The van der Waals surface area contributed by atoms with Crippen LogP contribution >= 0.6 is 0 Å². The van der Waals surface area contributed by atoms with Gasteiger partial charge in [-0.3, -0.25) is 14.3 Å². The molecule has 0 saturated carbocycles. The summed E-state index contributed by atoms with van der Waals surface area (Å²) >= 11 is 0. The molecule has 1 aliphatic rings. The number of benzene rings is 1. The third kappa shape index (κ3) is 3.66. The number of hydrogen-bond acceptors (Lipinski definition) is 5. The Balaban J connectivity index is 1.57. The number of carbonyl (C=O) groups is 2. The quantitative estimate of drug-likeness (QED) is 0.663. The van der Waals surface area contributed by atoms with Gasteiger partial charge >= 0.3 is 5.97 Å². The number of methoxy groups -OCH3 is 1. The summed E-state index contributed by atoms with van der Waals surface area (Å²) in [5, 5.41) is 11.8. The van der Waals surface area contributed by atoms with Crippen molar-refractivity contribution in [2.24, 2.45) is 0 Å². The number of rotatable bonds is 6. The number of hydrogen-bond donors (Lipinski definition) is 1. The van der Waals surface area contributed by atoms with E-state index in [2.05, 4.69) is 20.3 Å². The zero-order chi connectivity index (χ0) is 19.5. The molecular formula is C20H21N5O3. The summed E-state index contributed by atoms with van der Waals surface area (Å²) in [6.07, 6.45) is 6.04. The second kappa shape index (κ2) is 7.67. The average Bonchev–Trinajstić information content (AvgIpc) is 3.34. The van der Waals surface area contributed by atoms with Gasteiger partial charge in [0.1, 0.15) is 5.82 Å². The molecule has 0 aliphatic carbocycles. The van der Waals surface area contributed by atoms with Crippen LogP contribution in [0.2, 0.25) is 0 Å². The molecule has 1 atom stereocenters. The SMILES string of the molecule is COC(=O)CCn1cc([C@@H]2CC(=O)Nc3c2cnn3Cc2ccccc2)cn1. The summed E-state index contributed by atoms with van der Waals surface area (Å²) in [5.74, 6) is 0.292. The van der Waals surface area contributed by atoms with Crippen molar-refractivity contribution in [2.75, 3.05) is 12.4 Å². The zero-order valence-electron chi connectivity index (χ0n) is 15.5. The van der Waals surface area contributed by atoms with Crippen LogP contribution in [-0.2, 0) is 27.4 Å². The predicted octanol–water partition coefficient (Wildman–Crippen LogP) is 2.17. The molecule has 1 amide bonds. The molecular weight excluding hydrogens is 358 g/mol. The number of amides is 1. The molecule has 1 N–H and O–H groups in total. The van der Waals surface area contributed by atoms with Crippen LogP contribution in [-0.4, -0.2) is 38.5 Å². The molecule has 0 bridgehead atoms. The van der Waals surface area contributed by atoms with E-state index < -0.39 is 0 Å². The normalized spacial score (nSPS) is 15.8. The lowest BCUT2D eigenvalue weighted by atomic mass is 9.89. The van der Waals surface area contributed by atoms with Gasteiger partial charge in [-0.1, -0.05) is 30.3 Å². The van der Waals surface area contributed by atoms with Crippen LogP contribution < -0.4 is 5.32 Å². The Morgan fingerprint density at radius 2 is 2.07 bits per heavy atom. The molecule has 4 rings (SSSR count). The summed E-state index contributed by atoms with van der Waals surface area (Å²) in [5.41, 5.74) is 3.02. The van der Waals surface area contributed by atoms with Crippen LogP contribution in [0.1, 0.15) is 35.4 Å². The first-order chi connectivity index (χ1) is 13.6. The minimum atomic E-state index is -0.279. The van der Waals surface area contributed by atoms with E-state index in [9.17, 15) is 9.59 Å². The monoisotopic (exact) mass is 379 g/mol. The lowest BCUT2D eigenvalue weighted by molar-refractivity contribution is -0.140. The van der Waals surface area contributed by atoms with Crippen LogP contribution in [0.15, 0.2) is 48.9 Å². The summed E-state index contributed by atoms with van der Waals surface area (Å²) in [6.45, 7) is 1.02. The van der Waals surface area contributed by atoms with Gasteiger partial charge in [0.2, 0.25) is 5.91 Å². The fourth-order valence-corrected chi connectivity index (χ4v) is 3.43. The van der Waals surface area contributed by atoms with Crippen LogP contribution in [0.4, 0.5) is 5.82 Å².